The first-order valence-electron chi connectivity index (χ1n) is 7.91. The van der Waals surface area contributed by atoms with Gasteiger partial charge in [0.2, 0.25) is 5.91 Å². The van der Waals surface area contributed by atoms with Crippen LogP contribution in [0.1, 0.15) is 15.9 Å². The molecule has 5 nitrogen and oxygen atoms in total. The number of nitrogens with one attached hydrogen (secondary N) is 2. The maximum atomic E-state index is 11.9. The molecule has 0 aliphatic carbocycles. The van der Waals surface area contributed by atoms with Gasteiger partial charge in [-0.05, 0) is 19.1 Å². The molecule has 2 aromatic carbocycles. The molecule has 0 aliphatic heterocycles. The molecule has 2 N–H and O–H groups in total. The van der Waals surface area contributed by atoms with Crippen LogP contribution in [0, 0.1) is 6.92 Å². The van der Waals surface area contributed by atoms with Crippen molar-refractivity contribution in [1.29, 1.82) is 0 Å². The molecule has 7 heteroatoms. The molecule has 132 valence electrons. The summed E-state index contributed by atoms with van der Waals surface area (Å²) in [6.07, 6.45) is 0. The Morgan fingerprint density at radius 3 is 2.50 bits per heavy atom. The second-order valence-electron chi connectivity index (χ2n) is 5.52. The number of carbonyl (C=O) groups excluding carboxylic acids is 2. The van der Waals surface area contributed by atoms with Gasteiger partial charge in [0.15, 0.2) is 4.34 Å². The number of nitrogens with zero attached hydrogens (tertiary/aromatic N) is 1. The van der Waals surface area contributed by atoms with E-state index in [1.54, 1.807) is 24.3 Å². The summed E-state index contributed by atoms with van der Waals surface area (Å²) in [6.45, 7) is 2.04. The summed E-state index contributed by atoms with van der Waals surface area (Å²) in [5.41, 5.74) is 8.46. The Balaban J connectivity index is 1.47. The van der Waals surface area contributed by atoms with Crippen molar-refractivity contribution in [3.8, 4) is 11.3 Å². The number of carbonyl (C=O) groups is 2. The average Bonchev–Trinajstić information content (AvgIpc) is 3.14. The quantitative estimate of drug-likeness (QED) is 0.521. The van der Waals surface area contributed by atoms with Crippen LogP contribution < -0.4 is 10.9 Å². The molecule has 0 fully saturated rings. The van der Waals surface area contributed by atoms with E-state index in [1.807, 2.05) is 42.6 Å². The van der Waals surface area contributed by atoms with Crippen molar-refractivity contribution >= 4 is 34.9 Å². The van der Waals surface area contributed by atoms with Gasteiger partial charge in [0.1, 0.15) is 0 Å². The zero-order chi connectivity index (χ0) is 18.4. The van der Waals surface area contributed by atoms with Crippen molar-refractivity contribution in [3.63, 3.8) is 0 Å². The Morgan fingerprint density at radius 1 is 1.04 bits per heavy atom. The number of hydrogen-bond acceptors (Lipinski definition) is 5. The minimum absolute atomic E-state index is 0.177. The summed E-state index contributed by atoms with van der Waals surface area (Å²) in [7, 11) is 0. The molecule has 0 aliphatic rings. The third-order valence-electron chi connectivity index (χ3n) is 3.51. The smallest absolute Gasteiger partial charge is 0.269 e. The Bertz CT molecular complexity index is 893. The average molecular weight is 383 g/mol. The molecule has 3 aromatic rings. The van der Waals surface area contributed by atoms with Crippen molar-refractivity contribution < 1.29 is 9.59 Å². The van der Waals surface area contributed by atoms with Gasteiger partial charge in [-0.2, -0.15) is 0 Å². The van der Waals surface area contributed by atoms with E-state index < -0.39 is 0 Å². The highest BCUT2D eigenvalue weighted by Gasteiger charge is 2.10. The summed E-state index contributed by atoms with van der Waals surface area (Å²) < 4.78 is 0.810. The maximum absolute atomic E-state index is 11.9. The third-order valence-corrected chi connectivity index (χ3v) is 5.53. The number of hydrogen-bond donors (Lipinski definition) is 2. The molecule has 0 bridgehead atoms. The summed E-state index contributed by atoms with van der Waals surface area (Å²) in [5.74, 6) is -0.457. The number of thiazole rings is 1. The van der Waals surface area contributed by atoms with Crippen molar-refractivity contribution in [2.24, 2.45) is 0 Å². The predicted molar refractivity (Wildman–Crippen MR) is 105 cm³/mol. The van der Waals surface area contributed by atoms with Gasteiger partial charge in [0.05, 0.1) is 11.4 Å². The number of rotatable bonds is 5. The fourth-order valence-electron chi connectivity index (χ4n) is 2.13. The molecule has 0 atom stereocenters. The molecule has 0 saturated heterocycles. The molecule has 1 heterocycles. The number of thioether (sulfide) groups is 1. The van der Waals surface area contributed by atoms with Crippen LogP contribution in [0.2, 0.25) is 0 Å². The summed E-state index contributed by atoms with van der Waals surface area (Å²) >= 11 is 2.84. The fraction of sp³-hybridized carbons (Fsp3) is 0.105. The second kappa shape index (κ2) is 8.64. The highest BCUT2D eigenvalue weighted by atomic mass is 32.2. The van der Waals surface area contributed by atoms with Crippen LogP contribution in [-0.2, 0) is 4.79 Å². The van der Waals surface area contributed by atoms with Gasteiger partial charge in [-0.25, -0.2) is 4.98 Å². The van der Waals surface area contributed by atoms with Gasteiger partial charge in [-0.1, -0.05) is 59.8 Å². The van der Waals surface area contributed by atoms with Crippen LogP contribution in [0.15, 0.2) is 64.3 Å². The van der Waals surface area contributed by atoms with E-state index in [0.29, 0.717) is 5.56 Å². The van der Waals surface area contributed by atoms with E-state index >= 15 is 0 Å². The third kappa shape index (κ3) is 4.93. The lowest BCUT2D eigenvalue weighted by atomic mass is 10.1. The van der Waals surface area contributed by atoms with Crippen LogP contribution in [0.25, 0.3) is 11.3 Å². The molecule has 1 aromatic heterocycles. The Hall–Kier alpha value is -2.64. The van der Waals surface area contributed by atoms with Crippen molar-refractivity contribution in [3.05, 3.63) is 71.1 Å². The topological polar surface area (TPSA) is 71.1 Å². The summed E-state index contributed by atoms with van der Waals surface area (Å²) in [6, 6.07) is 16.9. The van der Waals surface area contributed by atoms with Crippen molar-refractivity contribution in [2.45, 2.75) is 11.3 Å². The first-order valence-corrected chi connectivity index (χ1v) is 9.78. The van der Waals surface area contributed by atoms with Gasteiger partial charge >= 0.3 is 0 Å². The summed E-state index contributed by atoms with van der Waals surface area (Å²) in [5, 5.41) is 1.97. The number of aromatic nitrogens is 1. The number of hydrazine groups is 1. The molecule has 0 spiro atoms. The number of benzene rings is 2. The molecular weight excluding hydrogens is 366 g/mol. The van der Waals surface area contributed by atoms with Gasteiger partial charge < -0.3 is 0 Å². The molecular formula is C19H17N3O2S2. The SMILES string of the molecule is Cc1ccc(-c2csc(SCC(=O)NNC(=O)c3ccccc3)n2)cc1. The maximum Gasteiger partial charge on any atom is 0.269 e. The molecule has 3 rings (SSSR count). The first kappa shape index (κ1) is 18.2. The first-order chi connectivity index (χ1) is 12.6. The van der Waals surface area contributed by atoms with Crippen molar-refractivity contribution in [2.75, 3.05) is 5.75 Å². The zero-order valence-electron chi connectivity index (χ0n) is 14.1. The largest absolute Gasteiger partial charge is 0.272 e. The lowest BCUT2D eigenvalue weighted by molar-refractivity contribution is -0.119. The van der Waals surface area contributed by atoms with Crippen LogP contribution >= 0.6 is 23.1 Å². The van der Waals surface area contributed by atoms with E-state index in [-0.39, 0.29) is 17.6 Å². The van der Waals surface area contributed by atoms with Crippen LogP contribution in [0.5, 0.6) is 0 Å². The normalized spacial score (nSPS) is 10.3. The number of aryl methyl sites for hydroxylation is 1. The lowest BCUT2D eigenvalue weighted by Gasteiger charge is -2.06. The van der Waals surface area contributed by atoms with Gasteiger partial charge in [-0.15, -0.1) is 11.3 Å². The van der Waals surface area contributed by atoms with Gasteiger partial charge in [-0.3, -0.25) is 20.4 Å². The molecule has 0 unspecified atom stereocenters. The number of amides is 2. The van der Waals surface area contributed by atoms with E-state index in [0.717, 1.165) is 15.6 Å². The Morgan fingerprint density at radius 2 is 1.77 bits per heavy atom. The monoisotopic (exact) mass is 383 g/mol. The minimum atomic E-state index is -0.347. The van der Waals surface area contributed by atoms with E-state index in [1.165, 1.54) is 28.7 Å². The highest BCUT2D eigenvalue weighted by molar-refractivity contribution is 8.01. The van der Waals surface area contributed by atoms with E-state index in [4.69, 9.17) is 0 Å². The highest BCUT2D eigenvalue weighted by Crippen LogP contribution is 2.28. The summed E-state index contributed by atoms with van der Waals surface area (Å²) in [4.78, 5) is 28.3. The molecule has 0 saturated carbocycles. The molecule has 26 heavy (non-hydrogen) atoms. The van der Waals surface area contributed by atoms with Crippen LogP contribution in [-0.4, -0.2) is 22.6 Å². The Labute approximate surface area is 159 Å². The molecule has 2 amide bonds. The van der Waals surface area contributed by atoms with Gasteiger partial charge in [0.25, 0.3) is 5.91 Å². The van der Waals surface area contributed by atoms with Crippen LogP contribution in [0.3, 0.4) is 0 Å². The van der Waals surface area contributed by atoms with Crippen LogP contribution in [0.4, 0.5) is 0 Å². The van der Waals surface area contributed by atoms with Gasteiger partial charge in [0, 0.05) is 16.5 Å². The van der Waals surface area contributed by atoms with Crippen molar-refractivity contribution in [1.82, 2.24) is 15.8 Å². The predicted octanol–water partition coefficient (Wildman–Crippen LogP) is 3.67. The van der Waals surface area contributed by atoms with E-state index in [9.17, 15) is 9.59 Å². The zero-order valence-corrected chi connectivity index (χ0v) is 15.7. The Kier molecular flexibility index (Phi) is 6.04. The standard InChI is InChI=1S/C19H17N3O2S2/c1-13-7-9-14(10-8-13)16-11-25-19(20-16)26-12-17(23)21-22-18(24)15-5-3-2-4-6-15/h2-11H,12H2,1H3,(H,21,23)(H,22,24). The minimum Gasteiger partial charge on any atom is -0.272 e. The van der Waals surface area contributed by atoms with E-state index in [2.05, 4.69) is 15.8 Å². The lowest BCUT2D eigenvalue weighted by Crippen LogP contribution is -2.42. The molecule has 0 radical (unpaired) electrons. The fourth-order valence-corrected chi connectivity index (χ4v) is 3.77. The second-order valence-corrected chi connectivity index (χ2v) is 7.60.